The fourth-order valence-electron chi connectivity index (χ4n) is 2.88. The van der Waals surface area contributed by atoms with Crippen molar-refractivity contribution in [1.29, 1.82) is 0 Å². The average Bonchev–Trinajstić information content (AvgIpc) is 2.78. The molecule has 0 radical (unpaired) electrons. The maximum Gasteiger partial charge on any atom is 0.345 e. The van der Waals surface area contributed by atoms with E-state index in [4.69, 9.17) is 4.84 Å². The highest BCUT2D eigenvalue weighted by Crippen LogP contribution is 2.30. The third-order valence-corrected chi connectivity index (χ3v) is 4.16. The van der Waals surface area contributed by atoms with Crippen LogP contribution in [0.15, 0.2) is 0 Å². The third kappa shape index (κ3) is 4.13. The normalized spacial score (nSPS) is 23.1. The summed E-state index contributed by atoms with van der Waals surface area (Å²) in [6.07, 6.45) is 4.24. The van der Waals surface area contributed by atoms with Gasteiger partial charge >= 0.3 is 6.03 Å². The lowest BCUT2D eigenvalue weighted by atomic mass is 10.0. The van der Waals surface area contributed by atoms with E-state index < -0.39 is 6.04 Å². The molecule has 2 rings (SSSR count). The van der Waals surface area contributed by atoms with Gasteiger partial charge in [0.2, 0.25) is 5.91 Å². The summed E-state index contributed by atoms with van der Waals surface area (Å²) < 4.78 is 0. The van der Waals surface area contributed by atoms with Gasteiger partial charge in [0.15, 0.2) is 0 Å². The van der Waals surface area contributed by atoms with Crippen molar-refractivity contribution in [2.75, 3.05) is 13.2 Å². The van der Waals surface area contributed by atoms with Gasteiger partial charge in [0.05, 0.1) is 12.6 Å². The zero-order valence-corrected chi connectivity index (χ0v) is 13.8. The number of hydrazine groups is 1. The summed E-state index contributed by atoms with van der Waals surface area (Å²) in [5.74, 6) is -0.580. The Morgan fingerprint density at radius 1 is 1.22 bits per heavy atom. The SMILES string of the molecule is CCCCON1C(=O)N2C[C@@H]1CC[C@H]2C(=O)NNC(=O)CCC. The number of urea groups is 1. The molecule has 2 bridgehead atoms. The molecule has 4 amide bonds. The molecule has 23 heavy (non-hydrogen) atoms. The molecular formula is C15H26N4O4. The number of unbranched alkanes of at least 4 members (excludes halogenated alkanes) is 1. The minimum Gasteiger partial charge on any atom is -0.309 e. The number of rotatable bonds is 7. The highest BCUT2D eigenvalue weighted by Gasteiger charge is 2.47. The number of nitrogens with one attached hydrogen (secondary N) is 2. The van der Waals surface area contributed by atoms with Crippen LogP contribution in [0.25, 0.3) is 0 Å². The van der Waals surface area contributed by atoms with Gasteiger partial charge < -0.3 is 4.90 Å². The van der Waals surface area contributed by atoms with Crippen LogP contribution in [0.5, 0.6) is 0 Å². The summed E-state index contributed by atoms with van der Waals surface area (Å²) in [6, 6.07) is -0.804. The molecule has 130 valence electrons. The molecule has 2 aliphatic rings. The molecule has 2 N–H and O–H groups in total. The van der Waals surface area contributed by atoms with Crippen LogP contribution in [0.1, 0.15) is 52.4 Å². The Morgan fingerprint density at radius 3 is 2.70 bits per heavy atom. The van der Waals surface area contributed by atoms with Crippen molar-refractivity contribution in [3.63, 3.8) is 0 Å². The number of carbonyl (C=O) groups excluding carboxylic acids is 3. The van der Waals surface area contributed by atoms with Crippen molar-refractivity contribution >= 4 is 17.8 Å². The Labute approximate surface area is 136 Å². The average molecular weight is 326 g/mol. The fraction of sp³-hybridized carbons (Fsp3) is 0.800. The second-order valence-corrected chi connectivity index (χ2v) is 5.98. The molecule has 0 aromatic heterocycles. The molecule has 2 heterocycles. The lowest BCUT2D eigenvalue weighted by molar-refractivity contribution is -0.132. The third-order valence-electron chi connectivity index (χ3n) is 4.16. The molecule has 0 aromatic rings. The number of fused-ring (bicyclic) bond motifs is 2. The van der Waals surface area contributed by atoms with Gasteiger partial charge in [-0.05, 0) is 25.7 Å². The van der Waals surface area contributed by atoms with E-state index in [0.717, 1.165) is 19.3 Å². The quantitative estimate of drug-likeness (QED) is 0.538. The summed E-state index contributed by atoms with van der Waals surface area (Å²) in [5.41, 5.74) is 4.80. The summed E-state index contributed by atoms with van der Waals surface area (Å²) in [4.78, 5) is 43.1. The lowest BCUT2D eigenvalue weighted by Gasteiger charge is -2.29. The van der Waals surface area contributed by atoms with Crippen LogP contribution in [-0.4, -0.2) is 53.0 Å². The predicted molar refractivity (Wildman–Crippen MR) is 82.8 cm³/mol. The van der Waals surface area contributed by atoms with E-state index in [0.29, 0.717) is 32.4 Å². The lowest BCUT2D eigenvalue weighted by Crippen LogP contribution is -2.54. The van der Waals surface area contributed by atoms with Crippen LogP contribution in [0.4, 0.5) is 4.79 Å². The van der Waals surface area contributed by atoms with Gasteiger partial charge in [-0.2, -0.15) is 5.06 Å². The number of hydrogen-bond acceptors (Lipinski definition) is 4. The molecule has 2 aliphatic heterocycles. The molecule has 0 aliphatic carbocycles. The molecule has 8 nitrogen and oxygen atoms in total. The number of hydrogen-bond donors (Lipinski definition) is 2. The van der Waals surface area contributed by atoms with Gasteiger partial charge in [-0.15, -0.1) is 0 Å². The largest absolute Gasteiger partial charge is 0.345 e. The summed E-state index contributed by atoms with van der Waals surface area (Å²) in [6.45, 7) is 4.95. The van der Waals surface area contributed by atoms with E-state index in [-0.39, 0.29) is 23.9 Å². The van der Waals surface area contributed by atoms with Crippen molar-refractivity contribution in [1.82, 2.24) is 20.8 Å². The first-order valence-electron chi connectivity index (χ1n) is 8.39. The van der Waals surface area contributed by atoms with Crippen molar-refractivity contribution in [2.45, 2.75) is 64.5 Å². The molecule has 0 saturated carbocycles. The van der Waals surface area contributed by atoms with E-state index in [1.165, 1.54) is 9.96 Å². The maximum atomic E-state index is 12.4. The first kappa shape index (κ1) is 17.5. The summed E-state index contributed by atoms with van der Waals surface area (Å²) >= 11 is 0. The molecule has 2 atom stereocenters. The number of nitrogens with zero attached hydrogens (tertiary/aromatic N) is 2. The molecule has 2 fully saturated rings. The monoisotopic (exact) mass is 326 g/mol. The number of amides is 4. The molecule has 2 saturated heterocycles. The van der Waals surface area contributed by atoms with Crippen molar-refractivity contribution in [3.05, 3.63) is 0 Å². The van der Waals surface area contributed by atoms with Crippen molar-refractivity contribution in [2.24, 2.45) is 0 Å². The van der Waals surface area contributed by atoms with Gasteiger partial charge in [0.25, 0.3) is 5.91 Å². The van der Waals surface area contributed by atoms with Gasteiger partial charge in [0, 0.05) is 13.0 Å². The standard InChI is InChI=1S/C15H26N4O4/c1-3-5-9-23-19-11-7-8-12(18(10-11)15(19)22)14(21)17-16-13(20)6-4-2/h11-12H,3-10H2,1-2H3,(H,16,20)(H,17,21)/t11-,12-/m0/s1. The van der Waals surface area contributed by atoms with E-state index in [9.17, 15) is 14.4 Å². The highest BCUT2D eigenvalue weighted by atomic mass is 16.7. The number of piperidine rings is 1. The van der Waals surface area contributed by atoms with E-state index in [2.05, 4.69) is 17.8 Å². The van der Waals surface area contributed by atoms with Gasteiger partial charge in [-0.25, -0.2) is 4.79 Å². The van der Waals surface area contributed by atoms with Crippen LogP contribution in [0, 0.1) is 0 Å². The van der Waals surface area contributed by atoms with Crippen LogP contribution in [0.3, 0.4) is 0 Å². The molecule has 8 heteroatoms. The second-order valence-electron chi connectivity index (χ2n) is 5.98. The minimum atomic E-state index is -0.555. The highest BCUT2D eigenvalue weighted by molar-refractivity contribution is 5.89. The topological polar surface area (TPSA) is 91.0 Å². The first-order chi connectivity index (χ1) is 11.1. The molecular weight excluding hydrogens is 300 g/mol. The zero-order valence-electron chi connectivity index (χ0n) is 13.8. The fourth-order valence-corrected chi connectivity index (χ4v) is 2.88. The second kappa shape index (κ2) is 8.14. The van der Waals surface area contributed by atoms with E-state index in [1.807, 2.05) is 6.92 Å². The Bertz CT molecular complexity index is 457. The smallest absolute Gasteiger partial charge is 0.309 e. The van der Waals surface area contributed by atoms with Gasteiger partial charge in [0.1, 0.15) is 6.04 Å². The number of hydroxylamine groups is 2. The van der Waals surface area contributed by atoms with E-state index >= 15 is 0 Å². The Morgan fingerprint density at radius 2 is 2.00 bits per heavy atom. The molecule has 0 spiro atoms. The predicted octanol–water partition coefficient (Wildman–Crippen LogP) is 0.934. The summed E-state index contributed by atoms with van der Waals surface area (Å²) in [5, 5.41) is 1.42. The Kier molecular flexibility index (Phi) is 6.20. The van der Waals surface area contributed by atoms with E-state index in [1.54, 1.807) is 0 Å². The van der Waals surface area contributed by atoms with Crippen LogP contribution in [-0.2, 0) is 14.4 Å². The Hall–Kier alpha value is -1.83. The molecule has 0 aromatic carbocycles. The van der Waals surface area contributed by atoms with Crippen LogP contribution < -0.4 is 10.9 Å². The zero-order chi connectivity index (χ0) is 16.8. The van der Waals surface area contributed by atoms with Gasteiger partial charge in [-0.1, -0.05) is 20.3 Å². The van der Waals surface area contributed by atoms with Crippen molar-refractivity contribution in [3.8, 4) is 0 Å². The minimum absolute atomic E-state index is 0.0121. The van der Waals surface area contributed by atoms with Crippen molar-refractivity contribution < 1.29 is 19.2 Å². The Balaban J connectivity index is 1.87. The number of carbonyl (C=O) groups is 3. The maximum absolute atomic E-state index is 12.4. The van der Waals surface area contributed by atoms with Crippen LogP contribution >= 0.6 is 0 Å². The van der Waals surface area contributed by atoms with Crippen LogP contribution in [0.2, 0.25) is 0 Å². The van der Waals surface area contributed by atoms with Gasteiger partial charge in [-0.3, -0.25) is 25.3 Å². The molecule has 0 unspecified atom stereocenters. The first-order valence-corrected chi connectivity index (χ1v) is 8.39. The summed E-state index contributed by atoms with van der Waals surface area (Å²) in [7, 11) is 0.